The molecule has 0 amide bonds. The van der Waals surface area contributed by atoms with Crippen molar-refractivity contribution in [1.29, 1.82) is 5.26 Å². The van der Waals surface area contributed by atoms with Crippen LogP contribution in [-0.2, 0) is 13.1 Å². The van der Waals surface area contributed by atoms with Crippen molar-refractivity contribution in [1.82, 2.24) is 14.7 Å². The van der Waals surface area contributed by atoms with Crippen LogP contribution in [-0.4, -0.2) is 40.9 Å². The minimum absolute atomic E-state index is 0.313. The standard InChI is InChI=1S/C18H22FN5/c1-2-24-14-16(12-21-24)13-22-6-3-7-23(9-8-22)18-5-4-15(11-20)10-17(18)19/h4-5,10,12,14H,2-3,6-9,13H2,1H3. The highest BCUT2D eigenvalue weighted by molar-refractivity contribution is 5.51. The van der Waals surface area contributed by atoms with E-state index >= 15 is 0 Å². The molecule has 2 heterocycles. The summed E-state index contributed by atoms with van der Waals surface area (Å²) in [5, 5.41) is 13.2. The van der Waals surface area contributed by atoms with Crippen LogP contribution < -0.4 is 4.90 Å². The van der Waals surface area contributed by atoms with Crippen LogP contribution in [0, 0.1) is 17.1 Å². The van der Waals surface area contributed by atoms with E-state index in [9.17, 15) is 4.39 Å². The number of aryl methyl sites for hydroxylation is 1. The lowest BCUT2D eigenvalue weighted by molar-refractivity contribution is 0.285. The molecular formula is C18H22FN5. The van der Waals surface area contributed by atoms with Crippen LogP contribution in [0.3, 0.4) is 0 Å². The number of anilines is 1. The van der Waals surface area contributed by atoms with Crippen molar-refractivity contribution < 1.29 is 4.39 Å². The first kappa shape index (κ1) is 16.5. The highest BCUT2D eigenvalue weighted by Gasteiger charge is 2.18. The van der Waals surface area contributed by atoms with Crippen molar-refractivity contribution >= 4 is 5.69 Å². The van der Waals surface area contributed by atoms with Crippen LogP contribution in [0.4, 0.5) is 10.1 Å². The molecule has 1 aliphatic heterocycles. The number of halogens is 1. The van der Waals surface area contributed by atoms with Gasteiger partial charge in [0.05, 0.1) is 23.5 Å². The molecule has 6 heteroatoms. The first-order valence-electron chi connectivity index (χ1n) is 8.38. The summed E-state index contributed by atoms with van der Waals surface area (Å²) in [6.45, 7) is 7.32. The van der Waals surface area contributed by atoms with Crippen LogP contribution in [0.1, 0.15) is 24.5 Å². The smallest absolute Gasteiger partial charge is 0.147 e. The quantitative estimate of drug-likeness (QED) is 0.866. The molecule has 0 spiro atoms. The Labute approximate surface area is 141 Å². The minimum atomic E-state index is -0.313. The summed E-state index contributed by atoms with van der Waals surface area (Å²) in [6.07, 6.45) is 5.00. The third kappa shape index (κ3) is 3.74. The second-order valence-corrected chi connectivity index (χ2v) is 6.10. The van der Waals surface area contributed by atoms with Gasteiger partial charge >= 0.3 is 0 Å². The van der Waals surface area contributed by atoms with E-state index in [-0.39, 0.29) is 5.82 Å². The normalized spacial score (nSPS) is 16.0. The van der Waals surface area contributed by atoms with Crippen LogP contribution >= 0.6 is 0 Å². The minimum Gasteiger partial charge on any atom is -0.368 e. The molecule has 1 aromatic carbocycles. The second-order valence-electron chi connectivity index (χ2n) is 6.10. The molecule has 5 nitrogen and oxygen atoms in total. The summed E-state index contributed by atoms with van der Waals surface area (Å²) >= 11 is 0. The van der Waals surface area contributed by atoms with Gasteiger partial charge in [-0.05, 0) is 31.5 Å². The number of hydrogen-bond donors (Lipinski definition) is 0. The molecule has 0 atom stereocenters. The Bertz CT molecular complexity index is 733. The molecule has 1 aromatic heterocycles. The number of rotatable bonds is 4. The topological polar surface area (TPSA) is 48.1 Å². The summed E-state index contributed by atoms with van der Waals surface area (Å²) in [7, 11) is 0. The number of aromatic nitrogens is 2. The van der Waals surface area contributed by atoms with Crippen molar-refractivity contribution in [2.75, 3.05) is 31.1 Å². The van der Waals surface area contributed by atoms with Gasteiger partial charge in [0.15, 0.2) is 0 Å². The van der Waals surface area contributed by atoms with Crippen LogP contribution in [0.2, 0.25) is 0 Å². The summed E-state index contributed by atoms with van der Waals surface area (Å²) in [4.78, 5) is 4.46. The van der Waals surface area contributed by atoms with Gasteiger partial charge in [0, 0.05) is 51.0 Å². The molecule has 24 heavy (non-hydrogen) atoms. The zero-order chi connectivity index (χ0) is 16.9. The molecule has 0 saturated carbocycles. The van der Waals surface area contributed by atoms with Gasteiger partial charge in [-0.3, -0.25) is 9.58 Å². The maximum Gasteiger partial charge on any atom is 0.147 e. The van der Waals surface area contributed by atoms with Gasteiger partial charge in [-0.2, -0.15) is 10.4 Å². The van der Waals surface area contributed by atoms with E-state index in [4.69, 9.17) is 5.26 Å². The van der Waals surface area contributed by atoms with Crippen molar-refractivity contribution in [3.05, 3.63) is 47.5 Å². The summed E-state index contributed by atoms with van der Waals surface area (Å²) < 4.78 is 16.2. The fourth-order valence-corrected chi connectivity index (χ4v) is 3.12. The predicted molar refractivity (Wildman–Crippen MR) is 91.1 cm³/mol. The van der Waals surface area contributed by atoms with Gasteiger partial charge in [-0.15, -0.1) is 0 Å². The zero-order valence-corrected chi connectivity index (χ0v) is 14.0. The van der Waals surface area contributed by atoms with Gasteiger partial charge in [-0.25, -0.2) is 4.39 Å². The molecule has 1 fully saturated rings. The highest BCUT2D eigenvalue weighted by Crippen LogP contribution is 2.22. The Hall–Kier alpha value is -2.39. The molecule has 2 aromatic rings. The average molecular weight is 327 g/mol. The van der Waals surface area contributed by atoms with Gasteiger partial charge < -0.3 is 4.90 Å². The Morgan fingerprint density at radius 1 is 1.25 bits per heavy atom. The second kappa shape index (κ2) is 7.45. The van der Waals surface area contributed by atoms with E-state index in [0.29, 0.717) is 11.3 Å². The van der Waals surface area contributed by atoms with Crippen LogP contribution in [0.5, 0.6) is 0 Å². The summed E-state index contributed by atoms with van der Waals surface area (Å²) in [5.41, 5.74) is 2.17. The Kier molecular flexibility index (Phi) is 5.11. The van der Waals surface area contributed by atoms with Crippen molar-refractivity contribution in [2.45, 2.75) is 26.4 Å². The molecule has 126 valence electrons. The molecule has 0 aliphatic carbocycles. The lowest BCUT2D eigenvalue weighted by Gasteiger charge is -2.24. The zero-order valence-electron chi connectivity index (χ0n) is 14.0. The molecular weight excluding hydrogens is 305 g/mol. The third-order valence-electron chi connectivity index (χ3n) is 4.42. The van der Waals surface area contributed by atoms with Gasteiger partial charge in [0.25, 0.3) is 0 Å². The Morgan fingerprint density at radius 2 is 2.12 bits per heavy atom. The lowest BCUT2D eigenvalue weighted by atomic mass is 10.2. The van der Waals surface area contributed by atoms with E-state index < -0.39 is 0 Å². The molecule has 0 N–H and O–H groups in total. The van der Waals surface area contributed by atoms with Crippen molar-refractivity contribution in [2.24, 2.45) is 0 Å². The van der Waals surface area contributed by atoms with Crippen molar-refractivity contribution in [3.8, 4) is 6.07 Å². The molecule has 3 rings (SSSR count). The van der Waals surface area contributed by atoms with E-state index in [0.717, 1.165) is 45.7 Å². The number of hydrogen-bond acceptors (Lipinski definition) is 4. The Balaban J connectivity index is 1.63. The van der Waals surface area contributed by atoms with Crippen LogP contribution in [0.15, 0.2) is 30.6 Å². The number of nitrogens with zero attached hydrogens (tertiary/aromatic N) is 5. The fraction of sp³-hybridized carbons (Fsp3) is 0.444. The number of nitriles is 1. The largest absolute Gasteiger partial charge is 0.368 e. The van der Waals surface area contributed by atoms with E-state index in [1.807, 2.05) is 16.9 Å². The summed E-state index contributed by atoms with van der Waals surface area (Å²) in [5.74, 6) is -0.313. The molecule has 0 bridgehead atoms. The maximum atomic E-state index is 14.2. The SMILES string of the molecule is CCn1cc(CN2CCCN(c3ccc(C#N)cc3F)CC2)cn1. The molecule has 1 saturated heterocycles. The van der Waals surface area contributed by atoms with Gasteiger partial charge in [-0.1, -0.05) is 0 Å². The van der Waals surface area contributed by atoms with Gasteiger partial charge in [0.2, 0.25) is 0 Å². The predicted octanol–water partition coefficient (Wildman–Crippen LogP) is 2.63. The monoisotopic (exact) mass is 327 g/mol. The highest BCUT2D eigenvalue weighted by atomic mass is 19.1. The lowest BCUT2D eigenvalue weighted by Crippen LogP contribution is -2.30. The van der Waals surface area contributed by atoms with E-state index in [1.165, 1.54) is 11.6 Å². The molecule has 1 aliphatic rings. The molecule has 0 radical (unpaired) electrons. The number of benzene rings is 1. The van der Waals surface area contributed by atoms with Gasteiger partial charge in [0.1, 0.15) is 5.82 Å². The maximum absolute atomic E-state index is 14.2. The summed E-state index contributed by atoms with van der Waals surface area (Å²) in [6, 6.07) is 6.69. The van der Waals surface area contributed by atoms with E-state index in [1.54, 1.807) is 12.1 Å². The van der Waals surface area contributed by atoms with E-state index in [2.05, 4.69) is 28.0 Å². The third-order valence-corrected chi connectivity index (χ3v) is 4.42. The van der Waals surface area contributed by atoms with Crippen LogP contribution in [0.25, 0.3) is 0 Å². The molecule has 0 unspecified atom stereocenters. The first-order valence-corrected chi connectivity index (χ1v) is 8.38. The average Bonchev–Trinajstić information content (AvgIpc) is 2.92. The fourth-order valence-electron chi connectivity index (χ4n) is 3.12. The first-order chi connectivity index (χ1) is 11.7. The Morgan fingerprint density at radius 3 is 2.83 bits per heavy atom. The van der Waals surface area contributed by atoms with Crippen molar-refractivity contribution in [3.63, 3.8) is 0 Å².